The van der Waals surface area contributed by atoms with Crippen molar-refractivity contribution in [3.05, 3.63) is 70.2 Å². The molecule has 0 aliphatic carbocycles. The second-order valence-electron chi connectivity index (χ2n) is 4.85. The summed E-state index contributed by atoms with van der Waals surface area (Å²) >= 11 is 6.08. The first-order valence-corrected chi connectivity index (χ1v) is 7.20. The van der Waals surface area contributed by atoms with Crippen LogP contribution in [0, 0.1) is 6.92 Å². The summed E-state index contributed by atoms with van der Waals surface area (Å²) < 4.78 is 0. The second-order valence-corrected chi connectivity index (χ2v) is 5.26. The van der Waals surface area contributed by atoms with Gasteiger partial charge in [0.2, 0.25) is 0 Å². The lowest BCUT2D eigenvalue weighted by Crippen LogP contribution is -2.33. The van der Waals surface area contributed by atoms with Crippen LogP contribution < -0.4 is 0 Å². The minimum atomic E-state index is -0.118. The Balaban J connectivity index is 2.25. The molecule has 21 heavy (non-hydrogen) atoms. The summed E-state index contributed by atoms with van der Waals surface area (Å²) in [5.74, 6) is -0.118. The third-order valence-corrected chi connectivity index (χ3v) is 3.78. The van der Waals surface area contributed by atoms with E-state index in [-0.39, 0.29) is 12.5 Å². The third-order valence-electron chi connectivity index (χ3n) is 3.37. The Kier molecular flexibility index (Phi) is 5.37. The molecule has 2 aromatic carbocycles. The van der Waals surface area contributed by atoms with Gasteiger partial charge in [-0.1, -0.05) is 48.0 Å². The highest BCUT2D eigenvalue weighted by Crippen LogP contribution is 2.20. The summed E-state index contributed by atoms with van der Waals surface area (Å²) in [5.41, 5.74) is 2.37. The molecule has 0 aliphatic heterocycles. The third kappa shape index (κ3) is 3.84. The van der Waals surface area contributed by atoms with Gasteiger partial charge in [-0.3, -0.25) is 4.79 Å². The summed E-state index contributed by atoms with van der Waals surface area (Å²) in [6, 6.07) is 15.0. The molecule has 0 atom stereocenters. The number of aliphatic hydroxyl groups excluding tert-OH is 1. The van der Waals surface area contributed by atoms with Crippen molar-refractivity contribution in [3.8, 4) is 0 Å². The van der Waals surface area contributed by atoms with Crippen LogP contribution in [0.5, 0.6) is 0 Å². The molecule has 0 aromatic heterocycles. The molecular formula is C17H18ClNO2. The maximum Gasteiger partial charge on any atom is 0.254 e. The van der Waals surface area contributed by atoms with Crippen molar-refractivity contribution in [2.24, 2.45) is 0 Å². The van der Waals surface area contributed by atoms with E-state index in [0.29, 0.717) is 23.7 Å². The largest absolute Gasteiger partial charge is 0.395 e. The van der Waals surface area contributed by atoms with E-state index in [1.54, 1.807) is 23.1 Å². The van der Waals surface area contributed by atoms with Crippen molar-refractivity contribution in [1.29, 1.82) is 0 Å². The Morgan fingerprint density at radius 2 is 1.86 bits per heavy atom. The average molecular weight is 304 g/mol. The molecule has 2 aromatic rings. The molecule has 1 amide bonds. The number of hydrogen-bond acceptors (Lipinski definition) is 2. The van der Waals surface area contributed by atoms with Gasteiger partial charge in [-0.05, 0) is 30.2 Å². The van der Waals surface area contributed by atoms with E-state index >= 15 is 0 Å². The smallest absolute Gasteiger partial charge is 0.254 e. The van der Waals surface area contributed by atoms with Crippen LogP contribution in [0.4, 0.5) is 0 Å². The van der Waals surface area contributed by atoms with E-state index in [4.69, 9.17) is 11.6 Å². The number of halogens is 1. The SMILES string of the molecule is Cc1c(Cl)cccc1C(=O)N(CCO)Cc1ccccc1. The summed E-state index contributed by atoms with van der Waals surface area (Å²) in [6.07, 6.45) is 0. The van der Waals surface area contributed by atoms with Gasteiger partial charge in [0.1, 0.15) is 0 Å². The highest BCUT2D eigenvalue weighted by molar-refractivity contribution is 6.31. The number of carbonyl (C=O) groups excluding carboxylic acids is 1. The summed E-state index contributed by atoms with van der Waals surface area (Å²) in [4.78, 5) is 14.3. The molecule has 0 saturated heterocycles. The number of nitrogens with zero attached hydrogens (tertiary/aromatic N) is 1. The van der Waals surface area contributed by atoms with Crippen molar-refractivity contribution in [1.82, 2.24) is 4.90 Å². The minimum Gasteiger partial charge on any atom is -0.395 e. The lowest BCUT2D eigenvalue weighted by atomic mass is 10.1. The summed E-state index contributed by atoms with van der Waals surface area (Å²) in [7, 11) is 0. The van der Waals surface area contributed by atoms with E-state index in [1.807, 2.05) is 37.3 Å². The van der Waals surface area contributed by atoms with Gasteiger partial charge in [0.15, 0.2) is 0 Å². The van der Waals surface area contributed by atoms with Crippen molar-refractivity contribution in [2.75, 3.05) is 13.2 Å². The minimum absolute atomic E-state index is 0.0712. The molecule has 0 spiro atoms. The van der Waals surface area contributed by atoms with Crippen LogP contribution in [0.25, 0.3) is 0 Å². The van der Waals surface area contributed by atoms with Gasteiger partial charge in [0.25, 0.3) is 5.91 Å². The van der Waals surface area contributed by atoms with Crippen molar-refractivity contribution < 1.29 is 9.90 Å². The zero-order valence-electron chi connectivity index (χ0n) is 11.9. The Morgan fingerprint density at radius 1 is 1.14 bits per heavy atom. The quantitative estimate of drug-likeness (QED) is 0.921. The van der Waals surface area contributed by atoms with Crippen molar-refractivity contribution in [3.63, 3.8) is 0 Å². The normalized spacial score (nSPS) is 10.4. The van der Waals surface area contributed by atoms with Gasteiger partial charge >= 0.3 is 0 Å². The van der Waals surface area contributed by atoms with Crippen molar-refractivity contribution in [2.45, 2.75) is 13.5 Å². The molecule has 3 nitrogen and oxygen atoms in total. The maximum atomic E-state index is 12.7. The van der Waals surface area contributed by atoms with Gasteiger partial charge in [-0.2, -0.15) is 0 Å². The molecule has 0 bridgehead atoms. The number of carbonyl (C=O) groups is 1. The number of benzene rings is 2. The standard InChI is InChI=1S/C17H18ClNO2/c1-13-15(8-5-9-16(13)18)17(21)19(10-11-20)12-14-6-3-2-4-7-14/h2-9,20H,10-12H2,1H3. The first kappa shape index (κ1) is 15.5. The first-order chi connectivity index (χ1) is 10.1. The zero-order chi connectivity index (χ0) is 15.2. The second kappa shape index (κ2) is 7.25. The topological polar surface area (TPSA) is 40.5 Å². The number of rotatable bonds is 5. The summed E-state index contributed by atoms with van der Waals surface area (Å²) in [6.45, 7) is 2.51. The molecule has 2 rings (SSSR count). The van der Waals surface area contributed by atoms with E-state index in [2.05, 4.69) is 0 Å². The van der Waals surface area contributed by atoms with Crippen LogP contribution in [0.2, 0.25) is 5.02 Å². The van der Waals surface area contributed by atoms with Crippen LogP contribution >= 0.6 is 11.6 Å². The predicted octanol–water partition coefficient (Wildman–Crippen LogP) is 3.28. The fraction of sp³-hybridized carbons (Fsp3) is 0.235. The van der Waals surface area contributed by atoms with E-state index < -0.39 is 0 Å². The highest BCUT2D eigenvalue weighted by Gasteiger charge is 2.18. The van der Waals surface area contributed by atoms with Gasteiger partial charge in [0, 0.05) is 23.7 Å². The lowest BCUT2D eigenvalue weighted by Gasteiger charge is -2.23. The van der Waals surface area contributed by atoms with Gasteiger partial charge in [-0.15, -0.1) is 0 Å². The molecule has 110 valence electrons. The Bertz CT molecular complexity index is 613. The average Bonchev–Trinajstić information content (AvgIpc) is 2.50. The zero-order valence-corrected chi connectivity index (χ0v) is 12.7. The monoisotopic (exact) mass is 303 g/mol. The predicted molar refractivity (Wildman–Crippen MR) is 84.5 cm³/mol. The molecule has 4 heteroatoms. The van der Waals surface area contributed by atoms with E-state index in [0.717, 1.165) is 11.1 Å². The Morgan fingerprint density at radius 3 is 2.52 bits per heavy atom. The van der Waals surface area contributed by atoms with Crippen LogP contribution in [0.3, 0.4) is 0 Å². The number of amides is 1. The Labute approximate surface area is 129 Å². The molecule has 0 saturated carbocycles. The maximum absolute atomic E-state index is 12.7. The number of aliphatic hydroxyl groups is 1. The van der Waals surface area contributed by atoms with Crippen LogP contribution in [0.15, 0.2) is 48.5 Å². The fourth-order valence-electron chi connectivity index (χ4n) is 2.19. The van der Waals surface area contributed by atoms with Gasteiger partial charge in [0.05, 0.1) is 6.61 Å². The molecule has 0 heterocycles. The molecular weight excluding hydrogens is 286 g/mol. The van der Waals surface area contributed by atoms with Gasteiger partial charge < -0.3 is 10.0 Å². The van der Waals surface area contributed by atoms with Crippen LogP contribution in [-0.2, 0) is 6.54 Å². The van der Waals surface area contributed by atoms with E-state index in [9.17, 15) is 9.90 Å². The molecule has 0 aliphatic rings. The number of hydrogen-bond donors (Lipinski definition) is 1. The van der Waals surface area contributed by atoms with Crippen LogP contribution in [0.1, 0.15) is 21.5 Å². The lowest BCUT2D eigenvalue weighted by molar-refractivity contribution is 0.0707. The van der Waals surface area contributed by atoms with Crippen LogP contribution in [-0.4, -0.2) is 29.1 Å². The van der Waals surface area contributed by atoms with Gasteiger partial charge in [-0.25, -0.2) is 0 Å². The molecule has 0 radical (unpaired) electrons. The fourth-order valence-corrected chi connectivity index (χ4v) is 2.36. The first-order valence-electron chi connectivity index (χ1n) is 6.82. The molecule has 0 unspecified atom stereocenters. The van der Waals surface area contributed by atoms with Crippen molar-refractivity contribution >= 4 is 17.5 Å². The van der Waals surface area contributed by atoms with E-state index in [1.165, 1.54) is 0 Å². The molecule has 1 N–H and O–H groups in total. The Hall–Kier alpha value is -1.84. The highest BCUT2D eigenvalue weighted by atomic mass is 35.5. The molecule has 0 fully saturated rings. The summed E-state index contributed by atoms with van der Waals surface area (Å²) in [5, 5.41) is 9.79.